The zero-order valence-corrected chi connectivity index (χ0v) is 10.7. The summed E-state index contributed by atoms with van der Waals surface area (Å²) >= 11 is 0. The Morgan fingerprint density at radius 1 is 1.05 bits per heavy atom. The fourth-order valence-corrected chi connectivity index (χ4v) is 1.76. The third-order valence-corrected chi connectivity index (χ3v) is 2.89. The number of aryl methyl sites for hydroxylation is 1. The Morgan fingerprint density at radius 3 is 2.26 bits per heavy atom. The monoisotopic (exact) mass is 253 g/mol. The van der Waals surface area contributed by atoms with Gasteiger partial charge in [0.15, 0.2) is 0 Å². The predicted octanol–water partition coefficient (Wildman–Crippen LogP) is 4.16. The summed E-state index contributed by atoms with van der Waals surface area (Å²) in [6.07, 6.45) is 4.90. The molecule has 0 saturated carbocycles. The lowest BCUT2D eigenvalue weighted by Gasteiger charge is -1.97. The predicted molar refractivity (Wildman–Crippen MR) is 77.0 cm³/mol. The molecular weight excluding hydrogens is 238 g/mol. The van der Waals surface area contributed by atoms with E-state index in [1.54, 1.807) is 12.1 Å². The minimum Gasteiger partial charge on any atom is -0.258 e. The van der Waals surface area contributed by atoms with Crippen molar-refractivity contribution in [3.63, 3.8) is 0 Å². The van der Waals surface area contributed by atoms with Crippen molar-refractivity contribution in [3.8, 4) is 0 Å². The minimum absolute atomic E-state index is 0.121. The Labute approximate surface area is 112 Å². The van der Waals surface area contributed by atoms with E-state index in [0.29, 0.717) is 0 Å². The highest BCUT2D eigenvalue weighted by atomic mass is 16.6. The molecule has 0 aliphatic carbocycles. The number of nitro benzene ring substituents is 1. The van der Waals surface area contributed by atoms with Crippen LogP contribution in [0.25, 0.3) is 6.08 Å². The number of hydrogen-bond donors (Lipinski definition) is 0. The van der Waals surface area contributed by atoms with Crippen molar-refractivity contribution >= 4 is 11.8 Å². The van der Waals surface area contributed by atoms with Gasteiger partial charge in [-0.25, -0.2) is 0 Å². The van der Waals surface area contributed by atoms with E-state index in [1.165, 1.54) is 23.3 Å². The summed E-state index contributed by atoms with van der Waals surface area (Å²) in [5.41, 5.74) is 3.60. The molecule has 0 heterocycles. The molecule has 2 aromatic carbocycles. The number of non-ortho nitro benzene ring substituents is 1. The van der Waals surface area contributed by atoms with Crippen molar-refractivity contribution in [1.29, 1.82) is 0 Å². The van der Waals surface area contributed by atoms with Gasteiger partial charge in [-0.3, -0.25) is 10.1 Å². The molecule has 19 heavy (non-hydrogen) atoms. The maximum absolute atomic E-state index is 10.5. The third kappa shape index (κ3) is 3.78. The van der Waals surface area contributed by atoms with Gasteiger partial charge in [-0.15, -0.1) is 0 Å². The molecule has 0 aliphatic heterocycles. The maximum Gasteiger partial charge on any atom is 0.269 e. The second-order valence-corrected chi connectivity index (χ2v) is 4.44. The fourth-order valence-electron chi connectivity index (χ4n) is 1.76. The van der Waals surface area contributed by atoms with Gasteiger partial charge in [0, 0.05) is 12.1 Å². The van der Waals surface area contributed by atoms with Gasteiger partial charge in [0.25, 0.3) is 5.69 Å². The van der Waals surface area contributed by atoms with Crippen molar-refractivity contribution in [3.05, 3.63) is 81.4 Å². The van der Waals surface area contributed by atoms with E-state index >= 15 is 0 Å². The smallest absolute Gasteiger partial charge is 0.258 e. The largest absolute Gasteiger partial charge is 0.269 e. The molecule has 2 rings (SSSR count). The average molecular weight is 253 g/mol. The molecule has 0 spiro atoms. The molecule has 96 valence electrons. The van der Waals surface area contributed by atoms with Crippen LogP contribution in [-0.2, 0) is 6.42 Å². The fraction of sp³-hybridized carbons (Fsp3) is 0.125. The Balaban J connectivity index is 1.98. The number of allylic oxidation sites excluding steroid dienone is 1. The van der Waals surface area contributed by atoms with Crippen LogP contribution in [0, 0.1) is 17.0 Å². The SMILES string of the molecule is Cc1ccc(C/C=C/c2ccc([N+](=O)[O-])cc2)cc1. The highest BCUT2D eigenvalue weighted by Crippen LogP contribution is 2.13. The van der Waals surface area contributed by atoms with Crippen LogP contribution in [0.4, 0.5) is 5.69 Å². The summed E-state index contributed by atoms with van der Waals surface area (Å²) in [5, 5.41) is 10.5. The van der Waals surface area contributed by atoms with E-state index in [4.69, 9.17) is 0 Å². The summed E-state index contributed by atoms with van der Waals surface area (Å²) in [4.78, 5) is 10.1. The Bertz CT molecular complexity index is 583. The van der Waals surface area contributed by atoms with Crippen LogP contribution in [0.5, 0.6) is 0 Å². The zero-order valence-electron chi connectivity index (χ0n) is 10.7. The second-order valence-electron chi connectivity index (χ2n) is 4.44. The Kier molecular flexibility index (Phi) is 4.08. The van der Waals surface area contributed by atoms with Gasteiger partial charge in [-0.1, -0.05) is 42.0 Å². The van der Waals surface area contributed by atoms with Gasteiger partial charge in [-0.2, -0.15) is 0 Å². The molecule has 0 amide bonds. The number of nitrogens with zero attached hydrogens (tertiary/aromatic N) is 1. The topological polar surface area (TPSA) is 43.1 Å². The molecule has 0 unspecified atom stereocenters. The van der Waals surface area contributed by atoms with E-state index in [-0.39, 0.29) is 10.6 Å². The average Bonchev–Trinajstić information content (AvgIpc) is 2.41. The summed E-state index contributed by atoms with van der Waals surface area (Å²) in [6, 6.07) is 14.9. The van der Waals surface area contributed by atoms with Crippen molar-refractivity contribution in [1.82, 2.24) is 0 Å². The summed E-state index contributed by atoms with van der Waals surface area (Å²) in [6.45, 7) is 2.07. The molecule has 2 aromatic rings. The zero-order chi connectivity index (χ0) is 13.7. The van der Waals surface area contributed by atoms with Gasteiger partial charge in [0.05, 0.1) is 4.92 Å². The third-order valence-electron chi connectivity index (χ3n) is 2.89. The van der Waals surface area contributed by atoms with Crippen LogP contribution in [-0.4, -0.2) is 4.92 Å². The lowest BCUT2D eigenvalue weighted by Crippen LogP contribution is -1.86. The first-order valence-electron chi connectivity index (χ1n) is 6.12. The molecule has 3 heteroatoms. The molecule has 3 nitrogen and oxygen atoms in total. The van der Waals surface area contributed by atoms with Gasteiger partial charge < -0.3 is 0 Å². The highest BCUT2D eigenvalue weighted by molar-refractivity contribution is 5.52. The van der Waals surface area contributed by atoms with E-state index in [9.17, 15) is 10.1 Å². The van der Waals surface area contributed by atoms with Crippen molar-refractivity contribution < 1.29 is 4.92 Å². The summed E-state index contributed by atoms with van der Waals surface area (Å²) < 4.78 is 0. The first-order chi connectivity index (χ1) is 9.15. The van der Waals surface area contributed by atoms with Crippen LogP contribution < -0.4 is 0 Å². The van der Waals surface area contributed by atoms with E-state index in [0.717, 1.165) is 12.0 Å². The minimum atomic E-state index is -0.389. The molecule has 0 fully saturated rings. The lowest BCUT2D eigenvalue weighted by molar-refractivity contribution is -0.384. The molecule has 0 atom stereocenters. The molecule has 0 bridgehead atoms. The highest BCUT2D eigenvalue weighted by Gasteiger charge is 2.01. The van der Waals surface area contributed by atoms with Gasteiger partial charge >= 0.3 is 0 Å². The normalized spacial score (nSPS) is 10.8. The summed E-state index contributed by atoms with van der Waals surface area (Å²) in [5.74, 6) is 0. The van der Waals surface area contributed by atoms with Crippen LogP contribution in [0.3, 0.4) is 0 Å². The van der Waals surface area contributed by atoms with Crippen molar-refractivity contribution in [2.45, 2.75) is 13.3 Å². The number of benzene rings is 2. The number of hydrogen-bond acceptors (Lipinski definition) is 2. The van der Waals surface area contributed by atoms with E-state index in [1.807, 2.05) is 6.08 Å². The quantitative estimate of drug-likeness (QED) is 0.606. The molecule has 0 radical (unpaired) electrons. The Morgan fingerprint density at radius 2 is 1.68 bits per heavy atom. The van der Waals surface area contributed by atoms with Crippen LogP contribution in [0.2, 0.25) is 0 Å². The van der Waals surface area contributed by atoms with E-state index < -0.39 is 0 Å². The first-order valence-corrected chi connectivity index (χ1v) is 6.12. The van der Waals surface area contributed by atoms with Crippen LogP contribution in [0.15, 0.2) is 54.6 Å². The number of nitro groups is 1. The standard InChI is InChI=1S/C16H15NO2/c1-13-5-7-14(8-6-13)3-2-4-15-9-11-16(12-10-15)17(18)19/h2,4-12H,3H2,1H3/b4-2+. The van der Waals surface area contributed by atoms with Crippen molar-refractivity contribution in [2.75, 3.05) is 0 Å². The van der Waals surface area contributed by atoms with E-state index in [2.05, 4.69) is 37.3 Å². The first kappa shape index (κ1) is 13.0. The van der Waals surface area contributed by atoms with Crippen molar-refractivity contribution in [2.24, 2.45) is 0 Å². The number of rotatable bonds is 4. The maximum atomic E-state index is 10.5. The molecular formula is C16H15NO2. The van der Waals surface area contributed by atoms with Gasteiger partial charge in [-0.05, 0) is 36.6 Å². The second kappa shape index (κ2) is 5.96. The lowest BCUT2D eigenvalue weighted by atomic mass is 10.1. The molecule has 0 aromatic heterocycles. The molecule has 0 saturated heterocycles. The Hall–Kier alpha value is -2.42. The van der Waals surface area contributed by atoms with Gasteiger partial charge in [0.2, 0.25) is 0 Å². The van der Waals surface area contributed by atoms with Gasteiger partial charge in [0.1, 0.15) is 0 Å². The molecule has 0 aliphatic rings. The summed E-state index contributed by atoms with van der Waals surface area (Å²) in [7, 11) is 0. The molecule has 0 N–H and O–H groups in total. The van der Waals surface area contributed by atoms with Crippen LogP contribution in [0.1, 0.15) is 16.7 Å². The van der Waals surface area contributed by atoms with Crippen LogP contribution >= 0.6 is 0 Å².